The zero-order chi connectivity index (χ0) is 33.0. The average Bonchev–Trinajstić information content (AvgIpc) is 3.00. The van der Waals surface area contributed by atoms with Gasteiger partial charge in [0.1, 0.15) is 0 Å². The van der Waals surface area contributed by atoms with Crippen molar-refractivity contribution in [2.75, 3.05) is 39.6 Å². The summed E-state index contributed by atoms with van der Waals surface area (Å²) in [5, 5.41) is 18.8. The molecule has 0 aliphatic carbocycles. The Bertz CT molecular complexity index is 557. The van der Waals surface area contributed by atoms with Gasteiger partial charge in [0.15, 0.2) is 0 Å². The van der Waals surface area contributed by atoms with Crippen LogP contribution in [0.15, 0.2) is 0 Å². The fourth-order valence-corrected chi connectivity index (χ4v) is 5.53. The first kappa shape index (κ1) is 46.0. The molecule has 0 heterocycles. The van der Waals surface area contributed by atoms with E-state index in [0.717, 1.165) is 38.5 Å². The predicted molar refractivity (Wildman–Crippen MR) is 182 cm³/mol. The molecule has 0 aromatic carbocycles. The van der Waals surface area contributed by atoms with Crippen LogP contribution in [0.1, 0.15) is 175 Å². The smallest absolute Gasteiger partial charge is 0.394 e. The van der Waals surface area contributed by atoms with Gasteiger partial charge in [0.25, 0.3) is 0 Å². The van der Waals surface area contributed by atoms with Crippen molar-refractivity contribution >= 4 is 7.82 Å². The van der Waals surface area contributed by atoms with Gasteiger partial charge in [0, 0.05) is 0 Å². The van der Waals surface area contributed by atoms with Gasteiger partial charge in [-0.1, -0.05) is 161 Å². The van der Waals surface area contributed by atoms with Crippen molar-refractivity contribution in [2.45, 2.75) is 175 Å². The Morgan fingerprint density at radius 2 is 0.886 bits per heavy atom. The molecule has 0 amide bonds. The van der Waals surface area contributed by atoms with Gasteiger partial charge in [-0.2, -0.15) is 0 Å². The third-order valence-electron chi connectivity index (χ3n) is 7.76. The molecule has 0 fully saturated rings. The standard InChI is InChI=1S/C18H39O4P.C16H35NO4/c1-3-5-7-9-11-13-15-18(17-22-23(19,20)21)16-14-12-10-8-6-4-2;1-2-3-4-5-6-7-8-9-10-11-12-17(20-15-13-18)21-16-14-19/h18H,3-17H2,1-2H3,(H2,19,20,21);18-19H,2-16H2,1H3. The highest BCUT2D eigenvalue weighted by Crippen LogP contribution is 2.37. The summed E-state index contributed by atoms with van der Waals surface area (Å²) in [5.41, 5.74) is 0. The van der Waals surface area contributed by atoms with E-state index in [1.807, 2.05) is 0 Å². The normalized spacial score (nSPS) is 11.8. The van der Waals surface area contributed by atoms with Gasteiger partial charge in [0.05, 0.1) is 39.6 Å². The summed E-state index contributed by atoms with van der Waals surface area (Å²) in [7, 11) is -4.33. The maximum Gasteiger partial charge on any atom is 0.469 e. The Hall–Kier alpha value is -0.0900. The minimum atomic E-state index is -4.33. The molecule has 0 aromatic rings. The lowest BCUT2D eigenvalue weighted by atomic mass is 9.95. The van der Waals surface area contributed by atoms with E-state index in [1.54, 1.807) is 0 Å². The number of hydrogen-bond donors (Lipinski definition) is 4. The van der Waals surface area contributed by atoms with Gasteiger partial charge < -0.3 is 20.0 Å². The first-order valence-corrected chi connectivity index (χ1v) is 19.8. The lowest BCUT2D eigenvalue weighted by molar-refractivity contribution is -0.371. The van der Waals surface area contributed by atoms with Crippen LogP contribution >= 0.6 is 7.82 Å². The summed E-state index contributed by atoms with van der Waals surface area (Å²) in [4.78, 5) is 28.2. The third-order valence-corrected chi connectivity index (χ3v) is 8.24. The van der Waals surface area contributed by atoms with E-state index < -0.39 is 7.82 Å². The molecule has 0 spiro atoms. The molecule has 9 nitrogen and oxygen atoms in total. The van der Waals surface area contributed by atoms with Gasteiger partial charge in [-0.25, -0.2) is 4.57 Å². The topological polar surface area (TPSA) is 129 Å². The van der Waals surface area contributed by atoms with Gasteiger partial charge in [-0.3, -0.25) is 14.2 Å². The summed E-state index contributed by atoms with van der Waals surface area (Å²) < 4.78 is 15.7. The molecule has 0 bridgehead atoms. The fraction of sp³-hybridized carbons (Fsp3) is 1.00. The Balaban J connectivity index is 0. The molecule has 0 radical (unpaired) electrons. The van der Waals surface area contributed by atoms with Crippen LogP contribution < -0.4 is 0 Å². The van der Waals surface area contributed by atoms with E-state index in [-0.39, 0.29) is 33.0 Å². The SMILES string of the molecule is CCCCCCCCC(CCCCCCCC)COP(=O)(O)O.CCCCCCCCCCCCN(OCCO)OCCO. The molecule has 0 aromatic heterocycles. The van der Waals surface area contributed by atoms with Gasteiger partial charge in [-0.05, 0) is 25.2 Å². The zero-order valence-electron chi connectivity index (χ0n) is 29.1. The number of rotatable bonds is 34. The second-order valence-corrected chi connectivity index (χ2v) is 13.4. The minimum Gasteiger partial charge on any atom is -0.394 e. The van der Waals surface area contributed by atoms with E-state index in [2.05, 4.69) is 20.8 Å². The molecular weight excluding hydrogens is 581 g/mol. The van der Waals surface area contributed by atoms with Gasteiger partial charge >= 0.3 is 7.82 Å². The Kier molecular flexibility index (Phi) is 39.1. The Morgan fingerprint density at radius 3 is 1.23 bits per heavy atom. The van der Waals surface area contributed by atoms with Crippen molar-refractivity contribution in [1.29, 1.82) is 0 Å². The molecule has 0 saturated carbocycles. The Labute approximate surface area is 272 Å². The lowest BCUT2D eigenvalue weighted by Gasteiger charge is -2.20. The number of aliphatic hydroxyl groups is 2. The van der Waals surface area contributed by atoms with Crippen LogP contribution in [0, 0.1) is 5.92 Å². The summed E-state index contributed by atoms with van der Waals surface area (Å²) in [6.45, 7) is 7.95. The number of phosphoric ester groups is 1. The predicted octanol–water partition coefficient (Wildman–Crippen LogP) is 9.27. The molecule has 10 heteroatoms. The minimum absolute atomic E-state index is 0.0307. The second kappa shape index (κ2) is 37.4. The highest BCUT2D eigenvalue weighted by Gasteiger charge is 2.18. The third kappa shape index (κ3) is 39.9. The summed E-state index contributed by atoms with van der Waals surface area (Å²) >= 11 is 0. The van der Waals surface area contributed by atoms with Crippen molar-refractivity contribution in [1.82, 2.24) is 5.23 Å². The Morgan fingerprint density at radius 1 is 0.545 bits per heavy atom. The quantitative estimate of drug-likeness (QED) is 0.0304. The fourth-order valence-electron chi connectivity index (χ4n) is 5.12. The van der Waals surface area contributed by atoms with E-state index in [4.69, 9.17) is 34.2 Å². The van der Waals surface area contributed by atoms with Crippen LogP contribution in [0.2, 0.25) is 0 Å². The van der Waals surface area contributed by atoms with Crippen LogP contribution in [-0.2, 0) is 18.8 Å². The number of phosphoric acid groups is 1. The summed E-state index contributed by atoms with van der Waals surface area (Å²) in [5.74, 6) is 0.292. The number of aliphatic hydroxyl groups excluding tert-OH is 2. The van der Waals surface area contributed by atoms with E-state index >= 15 is 0 Å². The van der Waals surface area contributed by atoms with Crippen molar-refractivity contribution < 1.29 is 38.8 Å². The van der Waals surface area contributed by atoms with Crippen LogP contribution in [0.25, 0.3) is 0 Å². The van der Waals surface area contributed by atoms with E-state index in [9.17, 15) is 4.57 Å². The lowest BCUT2D eigenvalue weighted by Crippen LogP contribution is -2.28. The molecule has 0 unspecified atom stereocenters. The number of hydroxylamine groups is 2. The second-order valence-electron chi connectivity index (χ2n) is 12.1. The first-order valence-electron chi connectivity index (χ1n) is 18.3. The van der Waals surface area contributed by atoms with Crippen LogP contribution in [0.4, 0.5) is 0 Å². The molecule has 0 aliphatic heterocycles. The zero-order valence-corrected chi connectivity index (χ0v) is 30.0. The largest absolute Gasteiger partial charge is 0.469 e. The molecule has 44 heavy (non-hydrogen) atoms. The van der Waals surface area contributed by atoms with Crippen molar-refractivity contribution in [3.05, 3.63) is 0 Å². The first-order chi connectivity index (χ1) is 21.3. The van der Waals surface area contributed by atoms with Crippen LogP contribution in [0.3, 0.4) is 0 Å². The van der Waals surface area contributed by atoms with E-state index in [1.165, 1.54) is 121 Å². The molecular formula is C34H74NO8P. The molecule has 268 valence electrons. The number of hydrogen-bond acceptors (Lipinski definition) is 7. The van der Waals surface area contributed by atoms with Crippen LogP contribution in [0.5, 0.6) is 0 Å². The highest BCUT2D eigenvalue weighted by atomic mass is 31.2. The highest BCUT2D eigenvalue weighted by molar-refractivity contribution is 7.46. The van der Waals surface area contributed by atoms with E-state index in [0.29, 0.717) is 12.5 Å². The van der Waals surface area contributed by atoms with Crippen molar-refractivity contribution in [3.8, 4) is 0 Å². The molecule has 4 N–H and O–H groups in total. The van der Waals surface area contributed by atoms with Gasteiger partial charge in [-0.15, -0.1) is 0 Å². The van der Waals surface area contributed by atoms with Gasteiger partial charge in [0.2, 0.25) is 0 Å². The summed E-state index contributed by atoms with van der Waals surface area (Å²) in [6.07, 6.45) is 30.0. The van der Waals surface area contributed by atoms with Crippen molar-refractivity contribution in [2.24, 2.45) is 5.92 Å². The number of unbranched alkanes of at least 4 members (excludes halogenated alkanes) is 19. The molecule has 0 aliphatic rings. The maximum absolute atomic E-state index is 10.9. The monoisotopic (exact) mass is 656 g/mol. The maximum atomic E-state index is 10.9. The van der Waals surface area contributed by atoms with Crippen LogP contribution in [-0.4, -0.2) is 64.8 Å². The molecule has 0 saturated heterocycles. The van der Waals surface area contributed by atoms with Crippen molar-refractivity contribution in [3.63, 3.8) is 0 Å². The average molecular weight is 656 g/mol. The number of nitrogens with zero attached hydrogens (tertiary/aromatic N) is 1. The summed E-state index contributed by atoms with van der Waals surface area (Å²) in [6, 6.07) is 0. The molecule has 0 atom stereocenters. The molecule has 0 rings (SSSR count).